The number of tetrazole rings is 1. The van der Waals surface area contributed by atoms with Crippen LogP contribution in [0.2, 0.25) is 0 Å². The molecule has 1 N–H and O–H groups in total. The van der Waals surface area contributed by atoms with Crippen LogP contribution in [0.5, 0.6) is 0 Å². The molecule has 136 valence electrons. The minimum Gasteiger partial charge on any atom is -0.379 e. The number of hydrogen-bond donors (Lipinski definition) is 1. The predicted octanol–water partition coefficient (Wildman–Crippen LogP) is 0.149. The second-order valence-corrected chi connectivity index (χ2v) is 7.16. The largest absolute Gasteiger partial charge is 0.379 e. The summed E-state index contributed by atoms with van der Waals surface area (Å²) < 4.78 is 6.90. The molecule has 0 aliphatic carbocycles. The maximum atomic E-state index is 12.3. The van der Waals surface area contributed by atoms with Gasteiger partial charge in [-0.25, -0.2) is 9.67 Å². The molecular weight excluding hydrogens is 342 g/mol. The van der Waals surface area contributed by atoms with E-state index in [1.807, 2.05) is 6.92 Å². The predicted molar refractivity (Wildman–Crippen MR) is 92.0 cm³/mol. The van der Waals surface area contributed by atoms with Gasteiger partial charge in [0.1, 0.15) is 6.54 Å². The average Bonchev–Trinajstić information content (AvgIpc) is 3.20. The third kappa shape index (κ3) is 4.80. The topological polar surface area (TPSA) is 98.1 Å². The van der Waals surface area contributed by atoms with Crippen molar-refractivity contribution < 1.29 is 9.53 Å². The van der Waals surface area contributed by atoms with Crippen molar-refractivity contribution in [3.8, 4) is 0 Å². The van der Waals surface area contributed by atoms with Crippen molar-refractivity contribution in [1.29, 1.82) is 0 Å². The molecule has 1 amide bonds. The van der Waals surface area contributed by atoms with Crippen LogP contribution < -0.4 is 5.32 Å². The number of aryl methyl sites for hydroxylation is 2. The van der Waals surface area contributed by atoms with Gasteiger partial charge < -0.3 is 10.1 Å². The van der Waals surface area contributed by atoms with Gasteiger partial charge in [0, 0.05) is 18.0 Å². The van der Waals surface area contributed by atoms with E-state index in [1.165, 1.54) is 0 Å². The molecule has 2 aromatic heterocycles. The zero-order valence-electron chi connectivity index (χ0n) is 14.6. The standard InChI is InChI=1S/C15H23N7O2S/c1-3-12-13(25-11(2)17-12)8-16-15(23)10-22-14(18-19-20-22)9-21-4-6-24-7-5-21/h3-10H2,1-2H3,(H,16,23). The Hall–Kier alpha value is -1.91. The van der Waals surface area contributed by atoms with E-state index < -0.39 is 0 Å². The molecule has 3 heterocycles. The van der Waals surface area contributed by atoms with Crippen molar-refractivity contribution in [1.82, 2.24) is 35.4 Å². The van der Waals surface area contributed by atoms with Crippen molar-refractivity contribution in [2.24, 2.45) is 0 Å². The van der Waals surface area contributed by atoms with Crippen LogP contribution in [-0.2, 0) is 35.6 Å². The summed E-state index contributed by atoms with van der Waals surface area (Å²) in [5.41, 5.74) is 1.05. The Morgan fingerprint density at radius 2 is 2.16 bits per heavy atom. The number of nitrogens with zero attached hydrogens (tertiary/aromatic N) is 6. The molecule has 9 nitrogen and oxygen atoms in total. The van der Waals surface area contributed by atoms with E-state index in [1.54, 1.807) is 16.0 Å². The molecule has 1 fully saturated rings. The molecule has 3 rings (SSSR count). The first-order valence-electron chi connectivity index (χ1n) is 8.42. The number of nitrogens with one attached hydrogen (secondary N) is 1. The van der Waals surface area contributed by atoms with Crippen LogP contribution in [0, 0.1) is 6.92 Å². The summed E-state index contributed by atoms with van der Waals surface area (Å²) in [5.74, 6) is 0.587. The maximum absolute atomic E-state index is 12.3. The lowest BCUT2D eigenvalue weighted by molar-refractivity contribution is -0.122. The highest BCUT2D eigenvalue weighted by atomic mass is 32.1. The van der Waals surface area contributed by atoms with E-state index >= 15 is 0 Å². The molecule has 25 heavy (non-hydrogen) atoms. The molecule has 1 aliphatic rings. The number of aromatic nitrogens is 5. The summed E-state index contributed by atoms with van der Waals surface area (Å²) in [6.07, 6.45) is 0.867. The Kier molecular flexibility index (Phi) is 6.05. The highest BCUT2D eigenvalue weighted by Gasteiger charge is 2.17. The summed E-state index contributed by atoms with van der Waals surface area (Å²) >= 11 is 1.62. The Morgan fingerprint density at radius 1 is 1.36 bits per heavy atom. The van der Waals surface area contributed by atoms with Crippen LogP contribution in [0.15, 0.2) is 0 Å². The van der Waals surface area contributed by atoms with E-state index in [0.717, 1.165) is 48.3 Å². The molecule has 1 aliphatic heterocycles. The second-order valence-electron chi connectivity index (χ2n) is 5.87. The highest BCUT2D eigenvalue weighted by Crippen LogP contribution is 2.18. The van der Waals surface area contributed by atoms with Gasteiger partial charge in [-0.1, -0.05) is 6.92 Å². The van der Waals surface area contributed by atoms with Gasteiger partial charge >= 0.3 is 0 Å². The fourth-order valence-corrected chi connectivity index (χ4v) is 3.68. The van der Waals surface area contributed by atoms with Gasteiger partial charge in [-0.3, -0.25) is 9.69 Å². The Morgan fingerprint density at radius 3 is 2.92 bits per heavy atom. The van der Waals surface area contributed by atoms with E-state index in [4.69, 9.17) is 4.74 Å². The first-order valence-corrected chi connectivity index (χ1v) is 9.24. The van der Waals surface area contributed by atoms with Crippen LogP contribution in [-0.4, -0.2) is 62.3 Å². The molecule has 0 aromatic carbocycles. The van der Waals surface area contributed by atoms with Crippen LogP contribution in [0.1, 0.15) is 28.3 Å². The molecule has 10 heteroatoms. The van der Waals surface area contributed by atoms with Gasteiger partial charge in [0.05, 0.1) is 37.0 Å². The number of hydrogen-bond acceptors (Lipinski definition) is 8. The van der Waals surface area contributed by atoms with Gasteiger partial charge in [0.25, 0.3) is 0 Å². The fourth-order valence-electron chi connectivity index (χ4n) is 2.72. The van der Waals surface area contributed by atoms with Crippen molar-refractivity contribution in [2.45, 2.75) is 39.9 Å². The zero-order valence-corrected chi connectivity index (χ0v) is 15.4. The van der Waals surface area contributed by atoms with Crippen molar-refractivity contribution >= 4 is 17.2 Å². The Bertz CT molecular complexity index is 709. The minimum absolute atomic E-state index is 0.108. The lowest BCUT2D eigenvalue weighted by Gasteiger charge is -2.25. The van der Waals surface area contributed by atoms with Gasteiger partial charge in [-0.2, -0.15) is 0 Å². The number of amides is 1. The number of carbonyl (C=O) groups is 1. The third-order valence-corrected chi connectivity index (χ3v) is 5.05. The fraction of sp³-hybridized carbons (Fsp3) is 0.667. The minimum atomic E-state index is -0.108. The first kappa shape index (κ1) is 17.9. The quantitative estimate of drug-likeness (QED) is 0.746. The third-order valence-electron chi connectivity index (χ3n) is 4.03. The van der Waals surface area contributed by atoms with Crippen LogP contribution in [0.25, 0.3) is 0 Å². The van der Waals surface area contributed by atoms with Crippen LogP contribution in [0.3, 0.4) is 0 Å². The Balaban J connectivity index is 1.53. The summed E-state index contributed by atoms with van der Waals surface area (Å²) in [6.45, 7) is 8.42. The first-order chi connectivity index (χ1) is 12.2. The summed E-state index contributed by atoms with van der Waals surface area (Å²) in [6, 6.07) is 0. The van der Waals surface area contributed by atoms with Crippen LogP contribution >= 0.6 is 11.3 Å². The van der Waals surface area contributed by atoms with Gasteiger partial charge in [-0.05, 0) is 23.8 Å². The Labute approximate surface area is 150 Å². The molecule has 0 spiro atoms. The van der Waals surface area contributed by atoms with Crippen LogP contribution in [0.4, 0.5) is 0 Å². The molecule has 0 bridgehead atoms. The van der Waals surface area contributed by atoms with E-state index in [0.29, 0.717) is 18.9 Å². The van der Waals surface area contributed by atoms with Gasteiger partial charge in [0.15, 0.2) is 5.82 Å². The van der Waals surface area contributed by atoms with Crippen molar-refractivity contribution in [2.75, 3.05) is 26.3 Å². The molecule has 1 saturated heterocycles. The normalized spacial score (nSPS) is 15.4. The molecule has 2 aromatic rings. The lowest BCUT2D eigenvalue weighted by atomic mass is 10.3. The average molecular weight is 365 g/mol. The maximum Gasteiger partial charge on any atom is 0.242 e. The van der Waals surface area contributed by atoms with E-state index in [-0.39, 0.29) is 12.5 Å². The summed E-state index contributed by atoms with van der Waals surface area (Å²) in [5, 5.41) is 15.7. The number of ether oxygens (including phenoxy) is 1. The molecule has 0 atom stereocenters. The zero-order chi connectivity index (χ0) is 17.6. The molecule has 0 unspecified atom stereocenters. The summed E-state index contributed by atoms with van der Waals surface area (Å²) in [7, 11) is 0. The molecular formula is C15H23N7O2S. The number of carbonyl (C=O) groups excluding carboxylic acids is 1. The van der Waals surface area contributed by atoms with Crippen molar-refractivity contribution in [3.63, 3.8) is 0 Å². The monoisotopic (exact) mass is 365 g/mol. The van der Waals surface area contributed by atoms with E-state index in [2.05, 4.69) is 37.6 Å². The van der Waals surface area contributed by atoms with Gasteiger partial charge in [-0.15, -0.1) is 16.4 Å². The highest BCUT2D eigenvalue weighted by molar-refractivity contribution is 7.11. The smallest absolute Gasteiger partial charge is 0.242 e. The van der Waals surface area contributed by atoms with Crippen molar-refractivity contribution in [3.05, 3.63) is 21.4 Å². The SMILES string of the molecule is CCc1nc(C)sc1CNC(=O)Cn1nnnc1CN1CCOCC1. The molecule has 0 radical (unpaired) electrons. The van der Waals surface area contributed by atoms with E-state index in [9.17, 15) is 4.79 Å². The second kappa shape index (κ2) is 8.45. The number of rotatable bonds is 7. The number of thiazole rings is 1. The lowest BCUT2D eigenvalue weighted by Crippen LogP contribution is -2.37. The van der Waals surface area contributed by atoms with Gasteiger partial charge in [0.2, 0.25) is 5.91 Å². The summed E-state index contributed by atoms with van der Waals surface area (Å²) in [4.78, 5) is 20.1. The number of morpholine rings is 1. The molecule has 0 saturated carbocycles.